The van der Waals surface area contributed by atoms with Crippen LogP contribution in [0.2, 0.25) is 0 Å². The number of esters is 1. The molecule has 33 heavy (non-hydrogen) atoms. The molecule has 0 aliphatic rings. The highest BCUT2D eigenvalue weighted by Crippen LogP contribution is 2.28. The predicted octanol–water partition coefficient (Wildman–Crippen LogP) is 3.74. The van der Waals surface area contributed by atoms with Crippen molar-refractivity contribution in [2.45, 2.75) is 13.5 Å². The number of anilines is 1. The highest BCUT2D eigenvalue weighted by molar-refractivity contribution is 5.96. The van der Waals surface area contributed by atoms with E-state index in [2.05, 4.69) is 20.4 Å². The van der Waals surface area contributed by atoms with Crippen LogP contribution in [-0.4, -0.2) is 46.4 Å². The number of halogens is 1. The van der Waals surface area contributed by atoms with Gasteiger partial charge >= 0.3 is 5.97 Å². The number of aromatic nitrogens is 4. The summed E-state index contributed by atoms with van der Waals surface area (Å²) in [6.45, 7) is 2.32. The average Bonchev–Trinajstić information content (AvgIpc) is 3.28. The van der Waals surface area contributed by atoms with Gasteiger partial charge in [0.1, 0.15) is 11.4 Å². The molecular formula is C23H22FN5O4. The molecule has 10 heteroatoms. The van der Waals surface area contributed by atoms with Gasteiger partial charge in [-0.25, -0.2) is 19.2 Å². The third kappa shape index (κ3) is 4.54. The zero-order valence-electron chi connectivity index (χ0n) is 18.3. The number of ether oxygens (including phenoxy) is 3. The first-order valence-corrected chi connectivity index (χ1v) is 10.2. The van der Waals surface area contributed by atoms with E-state index >= 15 is 0 Å². The second-order valence-corrected chi connectivity index (χ2v) is 6.94. The molecule has 2 aromatic heterocycles. The molecular weight excluding hydrogens is 429 g/mol. The number of rotatable bonds is 8. The van der Waals surface area contributed by atoms with Crippen LogP contribution >= 0.6 is 0 Å². The second-order valence-electron chi connectivity index (χ2n) is 6.94. The molecule has 0 saturated heterocycles. The number of hydrogen-bond donors (Lipinski definition) is 1. The summed E-state index contributed by atoms with van der Waals surface area (Å²) in [6, 6.07) is 11.3. The number of methoxy groups -OCH3 is 2. The van der Waals surface area contributed by atoms with Crippen molar-refractivity contribution in [3.8, 4) is 22.9 Å². The highest BCUT2D eigenvalue weighted by Gasteiger charge is 2.20. The number of hydrogen-bond acceptors (Lipinski definition) is 8. The molecule has 1 N–H and O–H groups in total. The van der Waals surface area contributed by atoms with E-state index in [-0.39, 0.29) is 23.6 Å². The molecule has 0 aliphatic heterocycles. The molecule has 9 nitrogen and oxygen atoms in total. The zero-order valence-corrected chi connectivity index (χ0v) is 18.3. The summed E-state index contributed by atoms with van der Waals surface area (Å²) in [7, 11) is 3.14. The van der Waals surface area contributed by atoms with Crippen molar-refractivity contribution in [1.82, 2.24) is 19.6 Å². The third-order valence-electron chi connectivity index (χ3n) is 4.86. The van der Waals surface area contributed by atoms with Gasteiger partial charge < -0.3 is 19.5 Å². The van der Waals surface area contributed by atoms with Crippen molar-refractivity contribution in [2.75, 3.05) is 26.1 Å². The lowest BCUT2D eigenvalue weighted by atomic mass is 10.2. The Bertz CT molecular complexity index is 1290. The monoisotopic (exact) mass is 451 g/mol. The Balaban J connectivity index is 1.71. The lowest BCUT2D eigenvalue weighted by Gasteiger charge is -2.11. The van der Waals surface area contributed by atoms with Crippen LogP contribution in [0.3, 0.4) is 0 Å². The Labute approximate surface area is 189 Å². The van der Waals surface area contributed by atoms with Gasteiger partial charge in [-0.15, -0.1) is 5.10 Å². The second kappa shape index (κ2) is 9.51. The van der Waals surface area contributed by atoms with Gasteiger partial charge in [0.25, 0.3) is 0 Å². The van der Waals surface area contributed by atoms with Gasteiger partial charge in [-0.1, -0.05) is 6.07 Å². The van der Waals surface area contributed by atoms with E-state index in [0.29, 0.717) is 35.4 Å². The van der Waals surface area contributed by atoms with Crippen molar-refractivity contribution < 1.29 is 23.4 Å². The van der Waals surface area contributed by atoms with Crippen LogP contribution in [0.1, 0.15) is 22.8 Å². The van der Waals surface area contributed by atoms with Gasteiger partial charge in [0.15, 0.2) is 23.0 Å². The summed E-state index contributed by atoms with van der Waals surface area (Å²) < 4.78 is 30.5. The van der Waals surface area contributed by atoms with Crippen molar-refractivity contribution in [3.05, 3.63) is 65.6 Å². The molecule has 0 fully saturated rings. The van der Waals surface area contributed by atoms with E-state index in [1.54, 1.807) is 33.3 Å². The number of carbonyl (C=O) groups is 1. The number of nitrogens with one attached hydrogen (secondary N) is 1. The molecule has 4 rings (SSSR count). The van der Waals surface area contributed by atoms with Crippen LogP contribution in [0.4, 0.5) is 10.3 Å². The number of nitrogens with zero attached hydrogens (tertiary/aromatic N) is 4. The molecule has 0 bridgehead atoms. The SMILES string of the molecule is CCOC(=O)c1cnc(NCc2ccc(OC)c(OC)c2)n2nc(-c3ccc(F)cc3)nc12. The average molecular weight is 451 g/mol. The largest absolute Gasteiger partial charge is 0.493 e. The van der Waals surface area contributed by atoms with E-state index in [4.69, 9.17) is 14.2 Å². The van der Waals surface area contributed by atoms with Gasteiger partial charge in [-0.3, -0.25) is 0 Å². The maximum absolute atomic E-state index is 13.3. The van der Waals surface area contributed by atoms with E-state index in [1.807, 2.05) is 18.2 Å². The quantitative estimate of drug-likeness (QED) is 0.405. The number of fused-ring (bicyclic) bond motifs is 1. The molecule has 4 aromatic rings. The zero-order chi connectivity index (χ0) is 23.4. The van der Waals surface area contributed by atoms with Gasteiger partial charge in [0.2, 0.25) is 5.95 Å². The topological polar surface area (TPSA) is 99.9 Å². The standard InChI is InChI=1S/C23H22FN5O4/c1-4-33-22(30)17-13-26-23(25-12-14-5-10-18(31-2)19(11-14)32-3)29-21(17)27-20(28-29)15-6-8-16(24)9-7-15/h5-11,13H,4,12H2,1-3H3,(H,25,26). The summed E-state index contributed by atoms with van der Waals surface area (Å²) in [5, 5.41) is 7.70. The number of benzene rings is 2. The lowest BCUT2D eigenvalue weighted by Crippen LogP contribution is -2.12. The van der Waals surface area contributed by atoms with Crippen LogP contribution in [0.15, 0.2) is 48.7 Å². The van der Waals surface area contributed by atoms with E-state index in [0.717, 1.165) is 5.56 Å². The summed E-state index contributed by atoms with van der Waals surface area (Å²) in [6.07, 6.45) is 1.40. The van der Waals surface area contributed by atoms with E-state index < -0.39 is 5.97 Å². The minimum absolute atomic E-state index is 0.175. The molecule has 0 aliphatic carbocycles. The van der Waals surface area contributed by atoms with E-state index in [9.17, 15) is 9.18 Å². The Morgan fingerprint density at radius 3 is 2.55 bits per heavy atom. The molecule has 0 atom stereocenters. The molecule has 0 saturated carbocycles. The van der Waals surface area contributed by atoms with Crippen molar-refractivity contribution in [2.24, 2.45) is 0 Å². The van der Waals surface area contributed by atoms with Gasteiger partial charge in [0, 0.05) is 18.3 Å². The minimum Gasteiger partial charge on any atom is -0.493 e. The van der Waals surface area contributed by atoms with Crippen LogP contribution in [0.5, 0.6) is 11.5 Å². The van der Waals surface area contributed by atoms with Crippen LogP contribution < -0.4 is 14.8 Å². The first-order chi connectivity index (χ1) is 16.0. The highest BCUT2D eigenvalue weighted by atomic mass is 19.1. The smallest absolute Gasteiger partial charge is 0.343 e. The normalized spacial score (nSPS) is 10.8. The fourth-order valence-corrected chi connectivity index (χ4v) is 3.24. The molecule has 0 spiro atoms. The molecule has 2 heterocycles. The summed E-state index contributed by atoms with van der Waals surface area (Å²) >= 11 is 0. The molecule has 0 radical (unpaired) electrons. The van der Waals surface area contributed by atoms with Crippen molar-refractivity contribution >= 4 is 17.6 Å². The number of carbonyl (C=O) groups excluding carboxylic acids is 1. The van der Waals surface area contributed by atoms with Gasteiger partial charge in [-0.05, 0) is 48.9 Å². The maximum atomic E-state index is 13.3. The fourth-order valence-electron chi connectivity index (χ4n) is 3.24. The lowest BCUT2D eigenvalue weighted by molar-refractivity contribution is 0.0527. The summed E-state index contributed by atoms with van der Waals surface area (Å²) in [5.74, 6) is 0.997. The molecule has 170 valence electrons. The van der Waals surface area contributed by atoms with Crippen LogP contribution in [0.25, 0.3) is 17.0 Å². The predicted molar refractivity (Wildman–Crippen MR) is 119 cm³/mol. The third-order valence-corrected chi connectivity index (χ3v) is 4.86. The van der Waals surface area contributed by atoms with Crippen molar-refractivity contribution in [3.63, 3.8) is 0 Å². The van der Waals surface area contributed by atoms with Crippen LogP contribution in [0, 0.1) is 5.82 Å². The van der Waals surface area contributed by atoms with Gasteiger partial charge in [0.05, 0.1) is 20.8 Å². The van der Waals surface area contributed by atoms with Gasteiger partial charge in [-0.2, -0.15) is 4.52 Å². The van der Waals surface area contributed by atoms with Crippen LogP contribution in [-0.2, 0) is 11.3 Å². The maximum Gasteiger partial charge on any atom is 0.343 e. The molecule has 2 aromatic carbocycles. The van der Waals surface area contributed by atoms with Crippen molar-refractivity contribution in [1.29, 1.82) is 0 Å². The minimum atomic E-state index is -0.556. The Hall–Kier alpha value is -4.21. The van der Waals surface area contributed by atoms with E-state index in [1.165, 1.54) is 22.8 Å². The Kier molecular flexibility index (Phi) is 6.34. The molecule has 0 unspecified atom stereocenters. The summed E-state index contributed by atoms with van der Waals surface area (Å²) in [4.78, 5) is 21.3. The first kappa shape index (κ1) is 22.0. The Morgan fingerprint density at radius 1 is 1.09 bits per heavy atom. The first-order valence-electron chi connectivity index (χ1n) is 10.2. The molecule has 0 amide bonds. The summed E-state index contributed by atoms with van der Waals surface area (Å²) in [5.41, 5.74) is 1.96. The fraction of sp³-hybridized carbons (Fsp3) is 0.217. The Morgan fingerprint density at radius 2 is 1.85 bits per heavy atom.